The fourth-order valence-electron chi connectivity index (χ4n) is 3.43. The molecule has 4 rings (SSSR count). The van der Waals surface area contributed by atoms with E-state index in [-0.39, 0.29) is 11.6 Å². The van der Waals surface area contributed by atoms with Crippen molar-refractivity contribution in [3.63, 3.8) is 0 Å². The van der Waals surface area contributed by atoms with E-state index in [0.717, 1.165) is 16.7 Å². The molecule has 0 fully saturated rings. The number of hydrogen-bond donors (Lipinski definition) is 0. The normalized spacial score (nSPS) is 12.9. The van der Waals surface area contributed by atoms with Gasteiger partial charge in [-0.2, -0.15) is 0 Å². The Bertz CT molecular complexity index is 1030. The van der Waals surface area contributed by atoms with E-state index in [9.17, 15) is 14.9 Å². The molecule has 1 aliphatic rings. The lowest BCUT2D eigenvalue weighted by Crippen LogP contribution is -2.20. The van der Waals surface area contributed by atoms with Gasteiger partial charge in [-0.15, -0.1) is 0 Å². The average Bonchev–Trinajstić information content (AvgIpc) is 2.95. The zero-order chi connectivity index (χ0) is 19.0. The van der Waals surface area contributed by atoms with Crippen LogP contribution in [0.3, 0.4) is 0 Å². The van der Waals surface area contributed by atoms with Gasteiger partial charge < -0.3 is 4.90 Å². The Hall–Kier alpha value is -3.73. The molecule has 0 saturated carbocycles. The van der Waals surface area contributed by atoms with E-state index in [1.54, 1.807) is 18.0 Å². The summed E-state index contributed by atoms with van der Waals surface area (Å²) >= 11 is 0. The zero-order valence-corrected chi connectivity index (χ0v) is 14.6. The van der Waals surface area contributed by atoms with E-state index in [1.165, 1.54) is 12.1 Å². The first-order valence-corrected chi connectivity index (χ1v) is 8.50. The Kier molecular flexibility index (Phi) is 4.05. The molecule has 0 spiro atoms. The number of carbonyl (C=O) groups excluding carboxylic acids is 1. The van der Waals surface area contributed by atoms with Gasteiger partial charge in [-0.1, -0.05) is 60.7 Å². The van der Waals surface area contributed by atoms with Crippen molar-refractivity contribution >= 4 is 28.4 Å². The highest BCUT2D eigenvalue weighted by Gasteiger charge is 2.34. The van der Waals surface area contributed by atoms with Gasteiger partial charge in [0.05, 0.1) is 16.2 Å². The summed E-state index contributed by atoms with van der Waals surface area (Å²) in [5, 5.41) is 11.3. The molecule has 27 heavy (non-hydrogen) atoms. The van der Waals surface area contributed by atoms with Gasteiger partial charge >= 0.3 is 0 Å². The third kappa shape index (κ3) is 2.79. The summed E-state index contributed by atoms with van der Waals surface area (Å²) in [6.07, 6.45) is 0. The molecule has 0 N–H and O–H groups in total. The van der Waals surface area contributed by atoms with Gasteiger partial charge in [0.15, 0.2) is 0 Å². The predicted molar refractivity (Wildman–Crippen MR) is 105 cm³/mol. The van der Waals surface area contributed by atoms with Crippen molar-refractivity contribution in [1.29, 1.82) is 0 Å². The van der Waals surface area contributed by atoms with Crippen LogP contribution in [0.1, 0.15) is 16.7 Å². The molecule has 5 nitrogen and oxygen atoms in total. The van der Waals surface area contributed by atoms with Crippen molar-refractivity contribution in [2.75, 3.05) is 11.9 Å². The first-order chi connectivity index (χ1) is 13.1. The van der Waals surface area contributed by atoms with Crippen molar-refractivity contribution in [2.45, 2.75) is 0 Å². The summed E-state index contributed by atoms with van der Waals surface area (Å²) in [5.74, 6) is -0.173. The van der Waals surface area contributed by atoms with Crippen molar-refractivity contribution in [2.24, 2.45) is 0 Å². The summed E-state index contributed by atoms with van der Waals surface area (Å²) in [6, 6.07) is 23.8. The van der Waals surface area contributed by atoms with Crippen LogP contribution in [0, 0.1) is 10.1 Å². The first-order valence-electron chi connectivity index (χ1n) is 8.50. The Morgan fingerprint density at radius 1 is 0.889 bits per heavy atom. The number of nitro benzene ring substituents is 1. The number of nitrogens with zero attached hydrogens (tertiary/aromatic N) is 2. The predicted octanol–water partition coefficient (Wildman–Crippen LogP) is 4.53. The maximum absolute atomic E-state index is 13.1. The maximum atomic E-state index is 13.1. The maximum Gasteiger partial charge on any atom is 0.270 e. The lowest BCUT2D eigenvalue weighted by molar-refractivity contribution is -0.384. The number of fused-ring (bicyclic) bond motifs is 1. The number of hydrogen-bond acceptors (Lipinski definition) is 3. The molecule has 0 unspecified atom stereocenters. The van der Waals surface area contributed by atoms with E-state index in [1.807, 2.05) is 60.7 Å². The Labute approximate surface area is 156 Å². The lowest BCUT2D eigenvalue weighted by Gasteiger charge is -2.13. The lowest BCUT2D eigenvalue weighted by atomic mass is 9.90. The average molecular weight is 356 g/mol. The summed E-state index contributed by atoms with van der Waals surface area (Å²) in [5.41, 5.74) is 4.25. The highest BCUT2D eigenvalue weighted by Crippen LogP contribution is 2.43. The molecule has 0 bridgehead atoms. The largest absolute Gasteiger partial charge is 0.311 e. The molecule has 1 amide bonds. The van der Waals surface area contributed by atoms with Gasteiger partial charge in [0.2, 0.25) is 0 Å². The van der Waals surface area contributed by atoms with Crippen LogP contribution in [-0.2, 0) is 4.79 Å². The minimum Gasteiger partial charge on any atom is -0.311 e. The molecule has 3 aromatic carbocycles. The van der Waals surface area contributed by atoms with Crippen LogP contribution in [0.2, 0.25) is 0 Å². The van der Waals surface area contributed by atoms with Crippen molar-refractivity contribution in [3.05, 3.63) is 106 Å². The van der Waals surface area contributed by atoms with E-state index in [2.05, 4.69) is 0 Å². The Morgan fingerprint density at radius 2 is 1.44 bits per heavy atom. The monoisotopic (exact) mass is 356 g/mol. The summed E-state index contributed by atoms with van der Waals surface area (Å²) in [7, 11) is 1.69. The van der Waals surface area contributed by atoms with Crippen LogP contribution in [0.25, 0.3) is 11.1 Å². The molecule has 0 radical (unpaired) electrons. The van der Waals surface area contributed by atoms with Crippen LogP contribution in [-0.4, -0.2) is 17.9 Å². The molecule has 0 aromatic heterocycles. The fourth-order valence-corrected chi connectivity index (χ4v) is 3.43. The molecule has 0 saturated heterocycles. The van der Waals surface area contributed by atoms with Gasteiger partial charge in [-0.05, 0) is 17.2 Å². The molecule has 3 aromatic rings. The third-order valence-electron chi connectivity index (χ3n) is 4.72. The number of likely N-dealkylation sites (N-methyl/N-ethyl adjacent to an activating group) is 1. The summed E-state index contributed by atoms with van der Waals surface area (Å²) in [4.78, 5) is 25.5. The minimum atomic E-state index is -0.439. The number of amides is 1. The highest BCUT2D eigenvalue weighted by atomic mass is 16.6. The second kappa shape index (κ2) is 6.53. The molecule has 5 heteroatoms. The van der Waals surface area contributed by atoms with E-state index in [4.69, 9.17) is 0 Å². The van der Waals surface area contributed by atoms with Gasteiger partial charge in [-0.3, -0.25) is 14.9 Å². The van der Waals surface area contributed by atoms with Crippen molar-refractivity contribution in [3.8, 4) is 0 Å². The number of rotatable bonds is 3. The molecule has 132 valence electrons. The van der Waals surface area contributed by atoms with Crippen LogP contribution in [0.4, 0.5) is 11.4 Å². The zero-order valence-electron chi connectivity index (χ0n) is 14.6. The third-order valence-corrected chi connectivity index (χ3v) is 4.72. The summed E-state index contributed by atoms with van der Waals surface area (Å²) < 4.78 is 0. The van der Waals surface area contributed by atoms with Gasteiger partial charge in [0, 0.05) is 30.3 Å². The SMILES string of the molecule is CN1C(=O)C(=C(c2ccccc2)c2ccccc2)c2cc([N+](=O)[O-])ccc21. The van der Waals surface area contributed by atoms with Crippen molar-refractivity contribution in [1.82, 2.24) is 0 Å². The molecule has 1 aliphatic heterocycles. The first kappa shape index (κ1) is 16.7. The standard InChI is InChI=1S/C22H16N2O3/c1-23-19-13-12-17(24(26)27)14-18(19)21(22(23)25)20(15-8-4-2-5-9-15)16-10-6-3-7-11-16/h2-14H,1H3. The van der Waals surface area contributed by atoms with Crippen LogP contribution in [0.5, 0.6) is 0 Å². The van der Waals surface area contributed by atoms with Gasteiger partial charge in [-0.25, -0.2) is 0 Å². The van der Waals surface area contributed by atoms with Gasteiger partial charge in [0.25, 0.3) is 11.6 Å². The summed E-state index contributed by atoms with van der Waals surface area (Å²) in [6.45, 7) is 0. The van der Waals surface area contributed by atoms with Crippen molar-refractivity contribution < 1.29 is 9.72 Å². The molecule has 1 heterocycles. The second-order valence-corrected chi connectivity index (χ2v) is 6.30. The molecule has 0 aliphatic carbocycles. The number of nitro groups is 1. The number of carbonyl (C=O) groups is 1. The molecule has 0 atom stereocenters. The topological polar surface area (TPSA) is 63.5 Å². The number of non-ortho nitro benzene ring substituents is 1. The fraction of sp³-hybridized carbons (Fsp3) is 0.0455. The number of anilines is 1. The smallest absolute Gasteiger partial charge is 0.270 e. The highest BCUT2D eigenvalue weighted by molar-refractivity contribution is 6.38. The van der Waals surface area contributed by atoms with Crippen LogP contribution >= 0.6 is 0 Å². The van der Waals surface area contributed by atoms with E-state index >= 15 is 0 Å². The Morgan fingerprint density at radius 3 is 1.96 bits per heavy atom. The van der Waals surface area contributed by atoms with Crippen LogP contribution in [0.15, 0.2) is 78.9 Å². The molecular formula is C22H16N2O3. The van der Waals surface area contributed by atoms with Crippen LogP contribution < -0.4 is 4.90 Å². The Balaban J connectivity index is 2.08. The quantitative estimate of drug-likeness (QED) is 0.393. The minimum absolute atomic E-state index is 0.0326. The second-order valence-electron chi connectivity index (χ2n) is 6.30. The van der Waals surface area contributed by atoms with E-state index in [0.29, 0.717) is 16.8 Å². The number of benzene rings is 3. The van der Waals surface area contributed by atoms with Gasteiger partial charge in [0.1, 0.15) is 0 Å². The van der Waals surface area contributed by atoms with E-state index < -0.39 is 4.92 Å². The molecular weight excluding hydrogens is 340 g/mol.